The monoisotopic (exact) mass is 318 g/mol. The van der Waals surface area contributed by atoms with Crippen LogP contribution >= 0.6 is 11.3 Å². The van der Waals surface area contributed by atoms with E-state index in [0.717, 1.165) is 34.3 Å². The molecular weight excluding hydrogens is 300 g/mol. The lowest BCUT2D eigenvalue weighted by molar-refractivity contribution is 0.0753. The Bertz CT molecular complexity index is 753. The zero-order chi connectivity index (χ0) is 15.7. The fraction of sp³-hybridized carbons (Fsp3) is 0.400. The number of rotatable bonds is 4. The molecule has 0 saturated heterocycles. The van der Waals surface area contributed by atoms with Gasteiger partial charge in [-0.2, -0.15) is 0 Å². The first-order valence-electron chi connectivity index (χ1n) is 7.23. The Morgan fingerprint density at radius 3 is 3.09 bits per heavy atom. The van der Waals surface area contributed by atoms with Crippen molar-refractivity contribution in [2.24, 2.45) is 5.16 Å². The molecule has 0 spiro atoms. The lowest BCUT2D eigenvalue weighted by Gasteiger charge is -2.10. The van der Waals surface area contributed by atoms with E-state index in [4.69, 9.17) is 10.6 Å². The minimum absolute atomic E-state index is 0.0669. The normalized spacial score (nSPS) is 17.4. The number of carbonyl (C=O) groups excluding carboxylic acids is 1. The van der Waals surface area contributed by atoms with Crippen molar-refractivity contribution in [3.05, 3.63) is 23.3 Å². The predicted molar refractivity (Wildman–Crippen MR) is 88.3 cm³/mol. The quantitative estimate of drug-likeness (QED) is 0.906. The Kier molecular flexibility index (Phi) is 3.98. The minimum atomic E-state index is -0.120. The van der Waals surface area contributed by atoms with E-state index in [9.17, 15) is 4.79 Å². The molecule has 1 atom stereocenters. The van der Waals surface area contributed by atoms with Gasteiger partial charge < -0.3 is 15.9 Å². The van der Waals surface area contributed by atoms with Gasteiger partial charge in [-0.15, -0.1) is 0 Å². The SMILES string of the molecule is CCC1=NO[C@@H](CNC(=O)c2cc(C)c3nc(N)sc3c2)C1. The maximum absolute atomic E-state index is 12.3. The summed E-state index contributed by atoms with van der Waals surface area (Å²) in [7, 11) is 0. The Labute approximate surface area is 132 Å². The van der Waals surface area contributed by atoms with Gasteiger partial charge in [-0.05, 0) is 31.0 Å². The molecule has 1 aromatic carbocycles. The van der Waals surface area contributed by atoms with Gasteiger partial charge in [0.2, 0.25) is 0 Å². The maximum Gasteiger partial charge on any atom is 0.251 e. The van der Waals surface area contributed by atoms with Gasteiger partial charge in [0.1, 0.15) is 6.10 Å². The third-order valence-electron chi connectivity index (χ3n) is 3.66. The molecule has 1 aliphatic heterocycles. The van der Waals surface area contributed by atoms with Crippen LogP contribution in [0.15, 0.2) is 17.3 Å². The second kappa shape index (κ2) is 5.92. The Hall–Kier alpha value is -2.15. The van der Waals surface area contributed by atoms with Gasteiger partial charge in [0.05, 0.1) is 22.5 Å². The summed E-state index contributed by atoms with van der Waals surface area (Å²) in [6, 6.07) is 3.66. The van der Waals surface area contributed by atoms with Crippen molar-refractivity contribution in [3.8, 4) is 0 Å². The average molecular weight is 318 g/mol. The number of hydrogen-bond acceptors (Lipinski definition) is 6. The van der Waals surface area contributed by atoms with Crippen LogP contribution in [0.5, 0.6) is 0 Å². The van der Waals surface area contributed by atoms with Gasteiger partial charge in [0.25, 0.3) is 5.91 Å². The molecule has 22 heavy (non-hydrogen) atoms. The third kappa shape index (κ3) is 2.89. The number of oxime groups is 1. The van der Waals surface area contributed by atoms with Crippen LogP contribution < -0.4 is 11.1 Å². The first kappa shape index (κ1) is 14.8. The van der Waals surface area contributed by atoms with Gasteiger partial charge in [0, 0.05) is 12.0 Å². The van der Waals surface area contributed by atoms with E-state index in [-0.39, 0.29) is 12.0 Å². The van der Waals surface area contributed by atoms with Gasteiger partial charge >= 0.3 is 0 Å². The summed E-state index contributed by atoms with van der Waals surface area (Å²) in [6.07, 6.45) is 1.59. The highest BCUT2D eigenvalue weighted by atomic mass is 32.1. The van der Waals surface area contributed by atoms with Crippen molar-refractivity contribution in [1.29, 1.82) is 0 Å². The number of nitrogens with zero attached hydrogens (tertiary/aromatic N) is 2. The van der Waals surface area contributed by atoms with Gasteiger partial charge in [-0.1, -0.05) is 23.4 Å². The number of nitrogens with two attached hydrogens (primary N) is 1. The molecule has 116 valence electrons. The van der Waals surface area contributed by atoms with Crippen LogP contribution in [-0.4, -0.2) is 29.3 Å². The highest BCUT2D eigenvalue weighted by molar-refractivity contribution is 7.22. The van der Waals surface area contributed by atoms with E-state index in [2.05, 4.69) is 15.5 Å². The summed E-state index contributed by atoms with van der Waals surface area (Å²) in [5.74, 6) is -0.120. The summed E-state index contributed by atoms with van der Waals surface area (Å²) in [5, 5.41) is 7.40. The largest absolute Gasteiger partial charge is 0.390 e. The number of amides is 1. The number of thiazole rings is 1. The summed E-state index contributed by atoms with van der Waals surface area (Å²) in [4.78, 5) is 21.9. The molecule has 0 aliphatic carbocycles. The van der Waals surface area contributed by atoms with E-state index in [1.165, 1.54) is 11.3 Å². The van der Waals surface area contributed by atoms with Crippen LogP contribution in [0.1, 0.15) is 35.7 Å². The number of carbonyl (C=O) groups is 1. The molecule has 1 aliphatic rings. The topological polar surface area (TPSA) is 89.6 Å². The molecular formula is C15H18N4O2S. The van der Waals surface area contributed by atoms with Crippen molar-refractivity contribution >= 4 is 38.3 Å². The van der Waals surface area contributed by atoms with Crippen molar-refractivity contribution in [3.63, 3.8) is 0 Å². The molecule has 3 rings (SSSR count). The second-order valence-corrected chi connectivity index (χ2v) is 6.41. The summed E-state index contributed by atoms with van der Waals surface area (Å²) < 4.78 is 0.927. The van der Waals surface area contributed by atoms with E-state index in [1.807, 2.05) is 26.0 Å². The smallest absolute Gasteiger partial charge is 0.251 e. The van der Waals surface area contributed by atoms with Gasteiger partial charge in [-0.25, -0.2) is 4.98 Å². The van der Waals surface area contributed by atoms with Crippen LogP contribution in [0.4, 0.5) is 5.13 Å². The molecule has 0 bridgehead atoms. The predicted octanol–water partition coefficient (Wildman–Crippen LogP) is 2.47. The van der Waals surface area contributed by atoms with E-state index >= 15 is 0 Å². The van der Waals surface area contributed by atoms with Crippen LogP contribution in [0.2, 0.25) is 0 Å². The number of aromatic nitrogens is 1. The van der Waals surface area contributed by atoms with E-state index in [1.54, 1.807) is 0 Å². The Morgan fingerprint density at radius 2 is 2.36 bits per heavy atom. The molecule has 0 saturated carbocycles. The Morgan fingerprint density at radius 1 is 1.55 bits per heavy atom. The summed E-state index contributed by atoms with van der Waals surface area (Å²) in [5.41, 5.74) is 9.19. The molecule has 2 heterocycles. The van der Waals surface area contributed by atoms with Crippen molar-refractivity contribution in [1.82, 2.24) is 10.3 Å². The summed E-state index contributed by atoms with van der Waals surface area (Å²) >= 11 is 1.39. The zero-order valence-corrected chi connectivity index (χ0v) is 13.4. The van der Waals surface area contributed by atoms with E-state index in [0.29, 0.717) is 17.2 Å². The fourth-order valence-corrected chi connectivity index (χ4v) is 3.31. The number of benzene rings is 1. The minimum Gasteiger partial charge on any atom is -0.390 e. The number of nitrogens with one attached hydrogen (secondary N) is 1. The standard InChI is InChI=1S/C15H18N4O2S/c1-3-10-6-11(21-19-10)7-17-14(20)9-4-8(2)13-12(5-9)22-15(16)18-13/h4-5,11H,3,6-7H2,1-2H3,(H2,16,18)(H,17,20)/t11-/m1/s1. The van der Waals surface area contributed by atoms with Gasteiger partial charge in [-0.3, -0.25) is 4.79 Å². The molecule has 6 nitrogen and oxygen atoms in total. The number of aryl methyl sites for hydroxylation is 1. The van der Waals surface area contributed by atoms with Crippen LogP contribution in [-0.2, 0) is 4.84 Å². The first-order chi connectivity index (χ1) is 10.6. The summed E-state index contributed by atoms with van der Waals surface area (Å²) in [6.45, 7) is 4.43. The molecule has 0 radical (unpaired) electrons. The van der Waals surface area contributed by atoms with Gasteiger partial charge in [0.15, 0.2) is 5.13 Å². The molecule has 0 unspecified atom stereocenters. The molecule has 1 aromatic heterocycles. The molecule has 7 heteroatoms. The lowest BCUT2D eigenvalue weighted by atomic mass is 10.1. The molecule has 1 amide bonds. The molecule has 2 aromatic rings. The van der Waals surface area contributed by atoms with Crippen molar-refractivity contribution in [2.45, 2.75) is 32.8 Å². The van der Waals surface area contributed by atoms with Crippen molar-refractivity contribution < 1.29 is 9.63 Å². The van der Waals surface area contributed by atoms with E-state index < -0.39 is 0 Å². The second-order valence-electron chi connectivity index (χ2n) is 5.34. The number of anilines is 1. The molecule has 0 fully saturated rings. The van der Waals surface area contributed by atoms with Crippen molar-refractivity contribution in [2.75, 3.05) is 12.3 Å². The van der Waals surface area contributed by atoms with Crippen LogP contribution in [0.3, 0.4) is 0 Å². The number of nitrogen functional groups attached to an aromatic ring is 1. The number of hydrogen-bond donors (Lipinski definition) is 2. The average Bonchev–Trinajstić information content (AvgIpc) is 3.10. The first-order valence-corrected chi connectivity index (χ1v) is 8.05. The number of fused-ring (bicyclic) bond motifs is 1. The Balaban J connectivity index is 1.67. The highest BCUT2D eigenvalue weighted by Crippen LogP contribution is 2.27. The fourth-order valence-electron chi connectivity index (χ4n) is 2.46. The van der Waals surface area contributed by atoms with Crippen LogP contribution in [0.25, 0.3) is 10.2 Å². The highest BCUT2D eigenvalue weighted by Gasteiger charge is 2.21. The lowest BCUT2D eigenvalue weighted by Crippen LogP contribution is -2.32. The zero-order valence-electron chi connectivity index (χ0n) is 12.5. The maximum atomic E-state index is 12.3. The third-order valence-corrected chi connectivity index (χ3v) is 4.49. The van der Waals surface area contributed by atoms with Crippen LogP contribution in [0, 0.1) is 6.92 Å². The molecule has 3 N–H and O–H groups in total.